The lowest BCUT2D eigenvalue weighted by atomic mass is 10.1. The Kier molecular flexibility index (Phi) is 4.47. The highest BCUT2D eigenvalue weighted by molar-refractivity contribution is 5.96. The van der Waals surface area contributed by atoms with Gasteiger partial charge < -0.3 is 10.1 Å². The Balaban J connectivity index is 2.16. The maximum Gasteiger partial charge on any atom is 0.257 e. The minimum Gasteiger partial charge on any atom is -0.480 e. The molecule has 4 nitrogen and oxygen atoms in total. The molecule has 0 spiro atoms. The molecule has 1 atom stereocenters. The van der Waals surface area contributed by atoms with Crippen LogP contribution >= 0.6 is 0 Å². The maximum absolute atomic E-state index is 13.2. The summed E-state index contributed by atoms with van der Waals surface area (Å²) in [6, 6.07) is 6.19. The van der Waals surface area contributed by atoms with E-state index < -0.39 is 23.6 Å². The van der Waals surface area contributed by atoms with Crippen molar-refractivity contribution in [2.45, 2.75) is 13.0 Å². The maximum atomic E-state index is 13.2. The van der Waals surface area contributed by atoms with Crippen molar-refractivity contribution >= 4 is 5.91 Å². The lowest BCUT2D eigenvalue weighted by Crippen LogP contribution is -2.27. The van der Waals surface area contributed by atoms with Gasteiger partial charge in [0.15, 0.2) is 11.6 Å². The van der Waals surface area contributed by atoms with Crippen LogP contribution < -0.4 is 10.1 Å². The van der Waals surface area contributed by atoms with Crippen molar-refractivity contribution in [3.8, 4) is 5.88 Å². The Morgan fingerprint density at radius 2 is 2.05 bits per heavy atom. The van der Waals surface area contributed by atoms with Gasteiger partial charge in [-0.3, -0.25) is 4.79 Å². The molecule has 0 aliphatic heterocycles. The zero-order chi connectivity index (χ0) is 15.4. The predicted molar refractivity (Wildman–Crippen MR) is 73.0 cm³/mol. The van der Waals surface area contributed by atoms with E-state index in [0.29, 0.717) is 5.56 Å². The second kappa shape index (κ2) is 6.30. The summed E-state index contributed by atoms with van der Waals surface area (Å²) in [6.07, 6.45) is 1.51. The second-order valence-corrected chi connectivity index (χ2v) is 4.43. The van der Waals surface area contributed by atoms with Crippen LogP contribution in [0.3, 0.4) is 0 Å². The Hall–Kier alpha value is -2.50. The Labute approximate surface area is 120 Å². The van der Waals surface area contributed by atoms with E-state index in [-0.39, 0.29) is 11.4 Å². The molecule has 0 aliphatic carbocycles. The number of nitrogens with one attached hydrogen (secondary N) is 1. The highest BCUT2D eigenvalue weighted by Gasteiger charge is 2.16. The molecule has 0 fully saturated rings. The van der Waals surface area contributed by atoms with E-state index >= 15 is 0 Å². The van der Waals surface area contributed by atoms with Gasteiger partial charge >= 0.3 is 0 Å². The average molecular weight is 292 g/mol. The summed E-state index contributed by atoms with van der Waals surface area (Å²) < 4.78 is 31.1. The summed E-state index contributed by atoms with van der Waals surface area (Å²) in [5, 5.41) is 2.69. The Morgan fingerprint density at radius 1 is 1.29 bits per heavy atom. The number of ether oxygens (including phenoxy) is 1. The summed E-state index contributed by atoms with van der Waals surface area (Å²) in [5.41, 5.74) is 0.736. The van der Waals surface area contributed by atoms with Crippen LogP contribution in [-0.2, 0) is 0 Å². The van der Waals surface area contributed by atoms with Crippen molar-refractivity contribution in [3.63, 3.8) is 0 Å². The summed E-state index contributed by atoms with van der Waals surface area (Å²) in [7, 11) is 1.41. The molecular weight excluding hydrogens is 278 g/mol. The van der Waals surface area contributed by atoms with Crippen LogP contribution in [0, 0.1) is 11.6 Å². The third-order valence-corrected chi connectivity index (χ3v) is 3.00. The fraction of sp³-hybridized carbons (Fsp3) is 0.200. The molecule has 2 aromatic rings. The van der Waals surface area contributed by atoms with Crippen molar-refractivity contribution in [2.75, 3.05) is 7.11 Å². The van der Waals surface area contributed by atoms with Crippen LogP contribution in [0.25, 0.3) is 0 Å². The first-order valence-electron chi connectivity index (χ1n) is 6.27. The lowest BCUT2D eigenvalue weighted by Gasteiger charge is -2.15. The molecule has 21 heavy (non-hydrogen) atoms. The van der Waals surface area contributed by atoms with Gasteiger partial charge in [0, 0.05) is 6.20 Å². The Morgan fingerprint density at radius 3 is 2.71 bits per heavy atom. The zero-order valence-electron chi connectivity index (χ0n) is 11.6. The van der Waals surface area contributed by atoms with Crippen LogP contribution in [0.1, 0.15) is 28.9 Å². The average Bonchev–Trinajstić information content (AvgIpc) is 2.49. The molecule has 1 N–H and O–H groups in total. The minimum absolute atomic E-state index is 0.201. The third kappa shape index (κ3) is 3.34. The third-order valence-electron chi connectivity index (χ3n) is 3.00. The summed E-state index contributed by atoms with van der Waals surface area (Å²) in [6.45, 7) is 1.67. The molecule has 1 aromatic heterocycles. The van der Waals surface area contributed by atoms with Gasteiger partial charge in [-0.05, 0) is 36.8 Å². The SMILES string of the molecule is COc1ncccc1C(=O)NC(C)c1ccc(F)c(F)c1. The Bertz CT molecular complexity index is 662. The van der Waals surface area contributed by atoms with E-state index in [4.69, 9.17) is 4.74 Å². The first-order valence-corrected chi connectivity index (χ1v) is 6.27. The summed E-state index contributed by atoms with van der Waals surface area (Å²) in [5.74, 6) is -2.08. The number of rotatable bonds is 4. The summed E-state index contributed by atoms with van der Waals surface area (Å²) in [4.78, 5) is 16.1. The number of halogens is 2. The fourth-order valence-corrected chi connectivity index (χ4v) is 1.87. The van der Waals surface area contributed by atoms with Crippen LogP contribution in [0.2, 0.25) is 0 Å². The van der Waals surface area contributed by atoms with Gasteiger partial charge in [0.25, 0.3) is 5.91 Å². The van der Waals surface area contributed by atoms with Gasteiger partial charge in [0.1, 0.15) is 5.56 Å². The first kappa shape index (κ1) is 14.9. The highest BCUT2D eigenvalue weighted by atomic mass is 19.2. The first-order chi connectivity index (χ1) is 10.0. The molecular formula is C15H14F2N2O2. The number of amides is 1. The number of pyridine rings is 1. The summed E-state index contributed by atoms with van der Waals surface area (Å²) >= 11 is 0. The van der Waals surface area contributed by atoms with E-state index in [2.05, 4.69) is 10.3 Å². The largest absolute Gasteiger partial charge is 0.480 e. The van der Waals surface area contributed by atoms with Crippen LogP contribution in [0.5, 0.6) is 5.88 Å². The van der Waals surface area contributed by atoms with Gasteiger partial charge in [0.2, 0.25) is 5.88 Å². The molecule has 1 unspecified atom stereocenters. The zero-order valence-corrected chi connectivity index (χ0v) is 11.6. The van der Waals surface area contributed by atoms with Gasteiger partial charge in [-0.1, -0.05) is 6.07 Å². The van der Waals surface area contributed by atoms with E-state index in [1.165, 1.54) is 19.4 Å². The molecule has 0 bridgehead atoms. The van der Waals surface area contributed by atoms with E-state index in [9.17, 15) is 13.6 Å². The van der Waals surface area contributed by atoms with Gasteiger partial charge in [0.05, 0.1) is 13.2 Å². The number of hydrogen-bond donors (Lipinski definition) is 1. The molecule has 1 heterocycles. The smallest absolute Gasteiger partial charge is 0.257 e. The molecule has 0 radical (unpaired) electrons. The molecule has 1 aromatic carbocycles. The lowest BCUT2D eigenvalue weighted by molar-refractivity contribution is 0.0936. The van der Waals surface area contributed by atoms with Crippen molar-refractivity contribution in [3.05, 3.63) is 59.3 Å². The van der Waals surface area contributed by atoms with E-state index in [1.807, 2.05) is 0 Å². The number of methoxy groups -OCH3 is 1. The standard InChI is InChI=1S/C15H14F2N2O2/c1-9(10-5-6-12(16)13(17)8-10)19-14(20)11-4-3-7-18-15(11)21-2/h3-9H,1-2H3,(H,19,20). The van der Waals surface area contributed by atoms with Gasteiger partial charge in [-0.15, -0.1) is 0 Å². The number of nitrogens with zero attached hydrogens (tertiary/aromatic N) is 1. The number of carbonyl (C=O) groups excluding carboxylic acids is 1. The molecule has 6 heteroatoms. The number of aromatic nitrogens is 1. The van der Waals surface area contributed by atoms with Crippen molar-refractivity contribution < 1.29 is 18.3 Å². The second-order valence-electron chi connectivity index (χ2n) is 4.43. The van der Waals surface area contributed by atoms with E-state index in [1.54, 1.807) is 19.1 Å². The molecule has 1 amide bonds. The molecule has 110 valence electrons. The molecule has 0 saturated carbocycles. The number of benzene rings is 1. The van der Waals surface area contributed by atoms with Crippen LogP contribution in [0.15, 0.2) is 36.5 Å². The van der Waals surface area contributed by atoms with Crippen molar-refractivity contribution in [1.82, 2.24) is 10.3 Å². The predicted octanol–water partition coefficient (Wildman–Crippen LogP) is 2.86. The molecule has 0 aliphatic rings. The van der Waals surface area contributed by atoms with Crippen LogP contribution in [-0.4, -0.2) is 18.0 Å². The normalized spacial score (nSPS) is 11.8. The fourth-order valence-electron chi connectivity index (χ4n) is 1.87. The monoisotopic (exact) mass is 292 g/mol. The van der Waals surface area contributed by atoms with Gasteiger partial charge in [-0.25, -0.2) is 13.8 Å². The van der Waals surface area contributed by atoms with Crippen LogP contribution in [0.4, 0.5) is 8.78 Å². The quantitative estimate of drug-likeness (QED) is 0.942. The van der Waals surface area contributed by atoms with Crippen molar-refractivity contribution in [1.29, 1.82) is 0 Å². The number of hydrogen-bond acceptors (Lipinski definition) is 3. The van der Waals surface area contributed by atoms with E-state index in [0.717, 1.165) is 12.1 Å². The molecule has 0 saturated heterocycles. The minimum atomic E-state index is -0.951. The highest BCUT2D eigenvalue weighted by Crippen LogP contribution is 2.18. The van der Waals surface area contributed by atoms with Gasteiger partial charge in [-0.2, -0.15) is 0 Å². The topological polar surface area (TPSA) is 51.2 Å². The molecule has 2 rings (SSSR count). The van der Waals surface area contributed by atoms with Crippen molar-refractivity contribution in [2.24, 2.45) is 0 Å². The number of carbonyl (C=O) groups is 1.